The van der Waals surface area contributed by atoms with E-state index in [9.17, 15) is 9.59 Å². The number of hydrogen-bond acceptors (Lipinski definition) is 3. The molecule has 0 spiro atoms. The van der Waals surface area contributed by atoms with Crippen LogP contribution in [0.15, 0.2) is 0 Å². The second-order valence-electron chi connectivity index (χ2n) is 2.56. The molecule has 0 radical (unpaired) electrons. The first-order valence-electron chi connectivity index (χ1n) is 3.96. The van der Waals surface area contributed by atoms with Gasteiger partial charge in [0, 0.05) is 6.92 Å². The number of carbonyl (C=O) groups excluding carboxylic acids is 2. The van der Waals surface area contributed by atoms with Crippen molar-refractivity contribution in [2.75, 3.05) is 7.11 Å². The maximum Gasteiger partial charge on any atom is 0.328 e. The van der Waals surface area contributed by atoms with Crippen molar-refractivity contribution in [2.45, 2.75) is 32.7 Å². The zero-order valence-corrected chi connectivity index (χ0v) is 7.72. The fraction of sp³-hybridized carbons (Fsp3) is 0.750. The Morgan fingerprint density at radius 3 is 2.42 bits per heavy atom. The average molecular weight is 173 g/mol. The van der Waals surface area contributed by atoms with Crippen LogP contribution >= 0.6 is 0 Å². The second kappa shape index (κ2) is 5.57. The first-order valence-corrected chi connectivity index (χ1v) is 3.96. The number of amides is 1. The minimum atomic E-state index is -0.488. The molecule has 0 fully saturated rings. The van der Waals surface area contributed by atoms with Crippen molar-refractivity contribution >= 4 is 11.9 Å². The Balaban J connectivity index is 4.02. The third kappa shape index (κ3) is 3.95. The van der Waals surface area contributed by atoms with Crippen LogP contribution in [0.25, 0.3) is 0 Å². The second-order valence-corrected chi connectivity index (χ2v) is 2.56. The van der Waals surface area contributed by atoms with Crippen molar-refractivity contribution in [1.82, 2.24) is 5.32 Å². The van der Waals surface area contributed by atoms with Crippen LogP contribution in [0.1, 0.15) is 26.7 Å². The van der Waals surface area contributed by atoms with Gasteiger partial charge in [0.25, 0.3) is 0 Å². The molecular weight excluding hydrogens is 158 g/mol. The molecule has 0 aliphatic carbocycles. The molecule has 1 atom stereocenters. The Hall–Kier alpha value is -1.06. The van der Waals surface area contributed by atoms with Gasteiger partial charge in [-0.05, 0) is 6.42 Å². The van der Waals surface area contributed by atoms with E-state index in [1.165, 1.54) is 14.0 Å². The molecule has 0 rings (SSSR count). The van der Waals surface area contributed by atoms with E-state index in [1.54, 1.807) is 0 Å². The molecule has 12 heavy (non-hydrogen) atoms. The third-order valence-corrected chi connectivity index (χ3v) is 1.44. The van der Waals surface area contributed by atoms with Crippen LogP contribution in [0.3, 0.4) is 0 Å². The van der Waals surface area contributed by atoms with Gasteiger partial charge >= 0.3 is 5.97 Å². The molecule has 0 aromatic carbocycles. The molecule has 0 aromatic heterocycles. The number of rotatable bonds is 4. The molecule has 1 N–H and O–H groups in total. The van der Waals surface area contributed by atoms with Crippen LogP contribution in [-0.4, -0.2) is 25.0 Å². The molecule has 0 aliphatic rings. The Kier molecular flexibility index (Phi) is 5.08. The smallest absolute Gasteiger partial charge is 0.328 e. The lowest BCUT2D eigenvalue weighted by molar-refractivity contribution is -0.145. The van der Waals surface area contributed by atoms with Crippen LogP contribution in [0.5, 0.6) is 0 Å². The van der Waals surface area contributed by atoms with Gasteiger partial charge in [-0.2, -0.15) is 0 Å². The minimum absolute atomic E-state index is 0.209. The summed E-state index contributed by atoms with van der Waals surface area (Å²) < 4.78 is 4.51. The highest BCUT2D eigenvalue weighted by Gasteiger charge is 2.18. The molecule has 0 bridgehead atoms. The van der Waals surface area contributed by atoms with Crippen LogP contribution in [0.2, 0.25) is 0 Å². The summed E-state index contributed by atoms with van der Waals surface area (Å²) in [5.74, 6) is -0.592. The van der Waals surface area contributed by atoms with Gasteiger partial charge in [-0.15, -0.1) is 0 Å². The normalized spacial score (nSPS) is 11.9. The highest BCUT2D eigenvalue weighted by Crippen LogP contribution is 1.98. The molecule has 0 aromatic rings. The summed E-state index contributed by atoms with van der Waals surface area (Å²) >= 11 is 0. The van der Waals surface area contributed by atoms with Crippen LogP contribution in [0.4, 0.5) is 0 Å². The molecule has 0 unspecified atom stereocenters. The van der Waals surface area contributed by atoms with Crippen LogP contribution in [0, 0.1) is 0 Å². The van der Waals surface area contributed by atoms with Crippen molar-refractivity contribution < 1.29 is 14.3 Å². The lowest BCUT2D eigenvalue weighted by Crippen LogP contribution is -2.40. The minimum Gasteiger partial charge on any atom is -0.467 e. The summed E-state index contributed by atoms with van der Waals surface area (Å²) in [6.45, 7) is 3.32. The number of methoxy groups -OCH3 is 1. The van der Waals surface area contributed by atoms with E-state index in [0.29, 0.717) is 6.42 Å². The Morgan fingerprint density at radius 2 is 2.08 bits per heavy atom. The number of carbonyl (C=O) groups is 2. The van der Waals surface area contributed by atoms with Crippen molar-refractivity contribution in [3.05, 3.63) is 0 Å². The van der Waals surface area contributed by atoms with E-state index in [0.717, 1.165) is 6.42 Å². The lowest BCUT2D eigenvalue weighted by atomic mass is 10.2. The van der Waals surface area contributed by atoms with E-state index in [1.807, 2.05) is 6.92 Å². The largest absolute Gasteiger partial charge is 0.467 e. The summed E-state index contributed by atoms with van der Waals surface area (Å²) in [6.07, 6.45) is 1.45. The maximum atomic E-state index is 11.0. The van der Waals surface area contributed by atoms with E-state index in [4.69, 9.17) is 0 Å². The van der Waals surface area contributed by atoms with Gasteiger partial charge in [0.1, 0.15) is 6.04 Å². The third-order valence-electron chi connectivity index (χ3n) is 1.44. The molecular formula is C8H15NO3. The number of nitrogens with one attached hydrogen (secondary N) is 1. The van der Waals surface area contributed by atoms with Gasteiger partial charge < -0.3 is 10.1 Å². The van der Waals surface area contributed by atoms with Gasteiger partial charge in [0.2, 0.25) is 5.91 Å². The highest BCUT2D eigenvalue weighted by molar-refractivity contribution is 5.83. The van der Waals surface area contributed by atoms with Crippen LogP contribution < -0.4 is 5.32 Å². The van der Waals surface area contributed by atoms with Gasteiger partial charge in [-0.25, -0.2) is 4.79 Å². The SMILES string of the molecule is CCC[C@H](NC(C)=O)C(=O)OC. The fourth-order valence-corrected chi connectivity index (χ4v) is 0.925. The number of esters is 1. The molecule has 0 saturated carbocycles. The summed E-state index contributed by atoms with van der Waals surface area (Å²) in [4.78, 5) is 21.6. The number of ether oxygens (including phenoxy) is 1. The van der Waals surface area contributed by atoms with E-state index < -0.39 is 6.04 Å². The summed E-state index contributed by atoms with van der Waals surface area (Å²) in [5.41, 5.74) is 0. The molecule has 0 saturated heterocycles. The maximum absolute atomic E-state index is 11.0. The molecule has 1 amide bonds. The molecule has 4 nitrogen and oxygen atoms in total. The zero-order chi connectivity index (χ0) is 9.56. The molecule has 4 heteroatoms. The van der Waals surface area contributed by atoms with Crippen molar-refractivity contribution in [1.29, 1.82) is 0 Å². The number of hydrogen-bond donors (Lipinski definition) is 1. The van der Waals surface area contributed by atoms with E-state index >= 15 is 0 Å². The van der Waals surface area contributed by atoms with E-state index in [2.05, 4.69) is 10.1 Å². The fourth-order valence-electron chi connectivity index (χ4n) is 0.925. The van der Waals surface area contributed by atoms with Crippen molar-refractivity contribution in [3.8, 4) is 0 Å². The zero-order valence-electron chi connectivity index (χ0n) is 7.72. The molecule has 0 heterocycles. The predicted molar refractivity (Wildman–Crippen MR) is 44.5 cm³/mol. The van der Waals surface area contributed by atoms with Crippen molar-refractivity contribution in [3.63, 3.8) is 0 Å². The Bertz CT molecular complexity index is 168. The van der Waals surface area contributed by atoms with Crippen LogP contribution in [-0.2, 0) is 14.3 Å². The quantitative estimate of drug-likeness (QED) is 0.628. The summed E-state index contributed by atoms with van der Waals surface area (Å²) in [7, 11) is 1.31. The molecule has 70 valence electrons. The van der Waals surface area contributed by atoms with Gasteiger partial charge in [0.05, 0.1) is 7.11 Å². The first kappa shape index (κ1) is 10.9. The summed E-state index contributed by atoms with van der Waals surface area (Å²) in [5, 5.41) is 2.52. The monoisotopic (exact) mass is 173 g/mol. The van der Waals surface area contributed by atoms with Gasteiger partial charge in [0.15, 0.2) is 0 Å². The standard InChI is InChI=1S/C8H15NO3/c1-4-5-7(8(11)12-3)9-6(2)10/h7H,4-5H2,1-3H3,(H,9,10)/t7-/m0/s1. The lowest BCUT2D eigenvalue weighted by Gasteiger charge is -2.13. The Labute approximate surface area is 72.3 Å². The summed E-state index contributed by atoms with van der Waals surface area (Å²) in [6, 6.07) is -0.488. The van der Waals surface area contributed by atoms with E-state index in [-0.39, 0.29) is 11.9 Å². The molecule has 0 aliphatic heterocycles. The Morgan fingerprint density at radius 1 is 1.50 bits per heavy atom. The van der Waals surface area contributed by atoms with Gasteiger partial charge in [-0.1, -0.05) is 13.3 Å². The van der Waals surface area contributed by atoms with Crippen molar-refractivity contribution in [2.24, 2.45) is 0 Å². The first-order chi connectivity index (χ1) is 5.61. The van der Waals surface area contributed by atoms with Gasteiger partial charge in [-0.3, -0.25) is 4.79 Å². The topological polar surface area (TPSA) is 55.4 Å². The average Bonchev–Trinajstić information content (AvgIpc) is 2.01. The highest BCUT2D eigenvalue weighted by atomic mass is 16.5. The predicted octanol–water partition coefficient (Wildman–Crippen LogP) is 0.464.